The standard InChI is InChI=1S/C16H18N4/c1-11(17)16(14-8-5-6-10-18-14)20-12(2)19-13-7-3-4-9-15(13)20/h3-11,16H,17H2,1-2H3. The maximum absolute atomic E-state index is 6.23. The first-order chi connectivity index (χ1) is 9.68. The minimum Gasteiger partial charge on any atom is -0.326 e. The van der Waals surface area contributed by atoms with Gasteiger partial charge in [-0.05, 0) is 38.1 Å². The number of hydrogen-bond acceptors (Lipinski definition) is 3. The van der Waals surface area contributed by atoms with E-state index in [0.29, 0.717) is 0 Å². The van der Waals surface area contributed by atoms with Crippen LogP contribution in [0.5, 0.6) is 0 Å². The Hall–Kier alpha value is -2.20. The molecule has 0 aliphatic rings. The van der Waals surface area contributed by atoms with E-state index in [1.165, 1.54) is 0 Å². The molecule has 3 aromatic rings. The van der Waals surface area contributed by atoms with Gasteiger partial charge in [0.05, 0.1) is 22.8 Å². The number of aromatic nitrogens is 3. The Balaban J connectivity index is 2.23. The van der Waals surface area contributed by atoms with Crippen LogP contribution in [-0.4, -0.2) is 20.6 Å². The lowest BCUT2D eigenvalue weighted by Crippen LogP contribution is -2.31. The molecule has 4 heteroatoms. The van der Waals surface area contributed by atoms with Crippen molar-refractivity contribution >= 4 is 11.0 Å². The molecule has 0 bridgehead atoms. The minimum atomic E-state index is -0.0544. The van der Waals surface area contributed by atoms with E-state index in [1.807, 2.05) is 50.2 Å². The molecule has 2 heterocycles. The molecule has 1 aromatic carbocycles. The highest BCUT2D eigenvalue weighted by molar-refractivity contribution is 5.76. The second kappa shape index (κ2) is 5.06. The largest absolute Gasteiger partial charge is 0.326 e. The van der Waals surface area contributed by atoms with Crippen LogP contribution in [0.1, 0.15) is 24.5 Å². The quantitative estimate of drug-likeness (QED) is 0.793. The molecule has 0 radical (unpaired) electrons. The third-order valence-corrected chi connectivity index (χ3v) is 3.54. The molecular weight excluding hydrogens is 248 g/mol. The van der Waals surface area contributed by atoms with Gasteiger partial charge in [0.2, 0.25) is 0 Å². The fourth-order valence-corrected chi connectivity index (χ4v) is 2.70. The number of benzene rings is 1. The van der Waals surface area contributed by atoms with Gasteiger partial charge in [0.15, 0.2) is 0 Å². The first-order valence-corrected chi connectivity index (χ1v) is 6.78. The Bertz CT molecular complexity index is 716. The van der Waals surface area contributed by atoms with Crippen molar-refractivity contribution in [3.05, 3.63) is 60.2 Å². The molecule has 2 aromatic heterocycles. The van der Waals surface area contributed by atoms with Crippen LogP contribution in [0.2, 0.25) is 0 Å². The van der Waals surface area contributed by atoms with Gasteiger partial charge in [0.1, 0.15) is 5.82 Å². The van der Waals surface area contributed by atoms with Crippen LogP contribution in [0.3, 0.4) is 0 Å². The van der Waals surface area contributed by atoms with Crippen LogP contribution in [0.4, 0.5) is 0 Å². The lowest BCUT2D eigenvalue weighted by Gasteiger charge is -2.24. The van der Waals surface area contributed by atoms with Gasteiger partial charge in [-0.15, -0.1) is 0 Å². The fourth-order valence-electron chi connectivity index (χ4n) is 2.70. The van der Waals surface area contributed by atoms with Crippen molar-refractivity contribution in [3.63, 3.8) is 0 Å². The molecule has 2 N–H and O–H groups in total. The summed E-state index contributed by atoms with van der Waals surface area (Å²) in [6.45, 7) is 4.02. The van der Waals surface area contributed by atoms with Crippen molar-refractivity contribution in [2.24, 2.45) is 5.73 Å². The molecule has 0 fully saturated rings. The SMILES string of the molecule is Cc1nc2ccccc2n1C(c1ccccn1)C(C)N. The highest BCUT2D eigenvalue weighted by Gasteiger charge is 2.23. The van der Waals surface area contributed by atoms with Crippen molar-refractivity contribution in [3.8, 4) is 0 Å². The number of rotatable bonds is 3. The predicted molar refractivity (Wildman–Crippen MR) is 80.5 cm³/mol. The van der Waals surface area contributed by atoms with E-state index in [1.54, 1.807) is 6.20 Å². The van der Waals surface area contributed by atoms with Crippen LogP contribution in [0, 0.1) is 6.92 Å². The average Bonchev–Trinajstić information content (AvgIpc) is 2.77. The van der Waals surface area contributed by atoms with Gasteiger partial charge in [-0.25, -0.2) is 4.98 Å². The number of fused-ring (bicyclic) bond motifs is 1. The lowest BCUT2D eigenvalue weighted by molar-refractivity contribution is 0.486. The summed E-state index contributed by atoms with van der Waals surface area (Å²) in [7, 11) is 0. The zero-order valence-electron chi connectivity index (χ0n) is 11.7. The van der Waals surface area contributed by atoms with E-state index in [0.717, 1.165) is 22.6 Å². The van der Waals surface area contributed by atoms with Gasteiger partial charge in [0.25, 0.3) is 0 Å². The van der Waals surface area contributed by atoms with Crippen molar-refractivity contribution in [2.75, 3.05) is 0 Å². The zero-order valence-corrected chi connectivity index (χ0v) is 11.7. The Labute approximate surface area is 118 Å². The summed E-state index contributed by atoms with van der Waals surface area (Å²) in [6, 6.07) is 14.0. The Morgan fingerprint density at radius 1 is 1.10 bits per heavy atom. The lowest BCUT2D eigenvalue weighted by atomic mass is 10.1. The third-order valence-electron chi connectivity index (χ3n) is 3.54. The molecule has 0 saturated carbocycles. The molecule has 3 rings (SSSR count). The Morgan fingerprint density at radius 3 is 2.55 bits per heavy atom. The summed E-state index contributed by atoms with van der Waals surface area (Å²) < 4.78 is 2.18. The summed E-state index contributed by atoms with van der Waals surface area (Å²) in [5.74, 6) is 0.958. The molecule has 0 aliphatic carbocycles. The summed E-state index contributed by atoms with van der Waals surface area (Å²) in [6.07, 6.45) is 1.80. The van der Waals surface area contributed by atoms with Gasteiger partial charge in [0, 0.05) is 12.2 Å². The average molecular weight is 266 g/mol. The van der Waals surface area contributed by atoms with Crippen molar-refractivity contribution < 1.29 is 0 Å². The van der Waals surface area contributed by atoms with Gasteiger partial charge in [-0.2, -0.15) is 0 Å². The van der Waals surface area contributed by atoms with Gasteiger partial charge < -0.3 is 10.3 Å². The smallest absolute Gasteiger partial charge is 0.107 e. The van der Waals surface area contributed by atoms with Crippen molar-refractivity contribution in [2.45, 2.75) is 25.9 Å². The highest BCUT2D eigenvalue weighted by Crippen LogP contribution is 2.26. The first kappa shape index (κ1) is 12.8. The van der Waals surface area contributed by atoms with Crippen LogP contribution < -0.4 is 5.73 Å². The molecule has 0 spiro atoms. The van der Waals surface area contributed by atoms with Crippen molar-refractivity contribution in [1.29, 1.82) is 0 Å². The maximum Gasteiger partial charge on any atom is 0.107 e. The van der Waals surface area contributed by atoms with E-state index in [9.17, 15) is 0 Å². The number of pyridine rings is 1. The van der Waals surface area contributed by atoms with Crippen LogP contribution in [-0.2, 0) is 0 Å². The van der Waals surface area contributed by atoms with Crippen LogP contribution >= 0.6 is 0 Å². The zero-order chi connectivity index (χ0) is 14.1. The molecule has 2 atom stereocenters. The Morgan fingerprint density at radius 2 is 1.85 bits per heavy atom. The van der Waals surface area contributed by atoms with Crippen LogP contribution in [0.15, 0.2) is 48.7 Å². The number of nitrogens with zero attached hydrogens (tertiary/aromatic N) is 3. The number of imidazole rings is 1. The van der Waals surface area contributed by atoms with Gasteiger partial charge in [-0.1, -0.05) is 18.2 Å². The van der Waals surface area contributed by atoms with Gasteiger partial charge in [-0.3, -0.25) is 4.98 Å². The molecule has 0 aliphatic heterocycles. The predicted octanol–water partition coefficient (Wildman–Crippen LogP) is 2.68. The van der Waals surface area contributed by atoms with E-state index < -0.39 is 0 Å². The maximum atomic E-state index is 6.23. The summed E-state index contributed by atoms with van der Waals surface area (Å²) in [5.41, 5.74) is 9.29. The topological polar surface area (TPSA) is 56.7 Å². The van der Waals surface area contributed by atoms with E-state index >= 15 is 0 Å². The molecule has 20 heavy (non-hydrogen) atoms. The number of aryl methyl sites for hydroxylation is 1. The molecule has 4 nitrogen and oxygen atoms in total. The second-order valence-corrected chi connectivity index (χ2v) is 5.08. The van der Waals surface area contributed by atoms with E-state index in [-0.39, 0.29) is 12.1 Å². The first-order valence-electron chi connectivity index (χ1n) is 6.78. The summed E-state index contributed by atoms with van der Waals surface area (Å²) in [5, 5.41) is 0. The van der Waals surface area contributed by atoms with Crippen molar-refractivity contribution in [1.82, 2.24) is 14.5 Å². The Kier molecular flexibility index (Phi) is 3.24. The summed E-state index contributed by atoms with van der Waals surface area (Å²) >= 11 is 0. The molecular formula is C16H18N4. The molecule has 102 valence electrons. The van der Waals surface area contributed by atoms with Crippen LogP contribution in [0.25, 0.3) is 11.0 Å². The minimum absolute atomic E-state index is 0.0106. The fraction of sp³-hybridized carbons (Fsp3) is 0.250. The van der Waals surface area contributed by atoms with Gasteiger partial charge >= 0.3 is 0 Å². The third kappa shape index (κ3) is 2.08. The normalized spacial score (nSPS) is 14.3. The van der Waals surface area contributed by atoms with E-state index in [4.69, 9.17) is 5.73 Å². The summed E-state index contributed by atoms with van der Waals surface area (Å²) in [4.78, 5) is 9.10. The number of nitrogens with two attached hydrogens (primary N) is 1. The van der Waals surface area contributed by atoms with E-state index in [2.05, 4.69) is 20.6 Å². The molecule has 2 unspecified atom stereocenters. The highest BCUT2D eigenvalue weighted by atomic mass is 15.1. The number of para-hydroxylation sites is 2. The number of hydrogen-bond donors (Lipinski definition) is 1. The molecule has 0 amide bonds. The molecule has 0 saturated heterocycles. The second-order valence-electron chi connectivity index (χ2n) is 5.08. The monoisotopic (exact) mass is 266 g/mol.